The van der Waals surface area contributed by atoms with Crippen molar-refractivity contribution in [2.45, 2.75) is 0 Å². The Kier molecular flexibility index (Phi) is 5.47. The Balaban J connectivity index is 2.01. The van der Waals surface area contributed by atoms with Gasteiger partial charge in [-0.2, -0.15) is 0 Å². The number of hydrogen-bond acceptors (Lipinski definition) is 4. The second kappa shape index (κ2) is 8.14. The zero-order valence-electron chi connectivity index (χ0n) is 15.2. The number of urea groups is 1. The van der Waals surface area contributed by atoms with Gasteiger partial charge < -0.3 is 20.5 Å². The summed E-state index contributed by atoms with van der Waals surface area (Å²) in [7, 11) is 3.08. The molecule has 0 aromatic heterocycles. The summed E-state index contributed by atoms with van der Waals surface area (Å²) in [5.41, 5.74) is 8.27. The highest BCUT2D eigenvalue weighted by Gasteiger charge is 2.21. The molecule has 138 valence electrons. The van der Waals surface area contributed by atoms with Gasteiger partial charge in [-0.15, -0.1) is 0 Å². The molecule has 0 unspecified atom stereocenters. The molecule has 0 aliphatic heterocycles. The monoisotopic (exact) mass is 363 g/mol. The molecule has 0 saturated carbocycles. The number of nitrogens with zero attached hydrogens (tertiary/aromatic N) is 1. The van der Waals surface area contributed by atoms with Crippen molar-refractivity contribution in [3.8, 4) is 11.5 Å². The summed E-state index contributed by atoms with van der Waals surface area (Å²) < 4.78 is 10.7. The van der Waals surface area contributed by atoms with Gasteiger partial charge in [-0.3, -0.25) is 4.90 Å². The third kappa shape index (κ3) is 3.95. The topological polar surface area (TPSA) is 76.8 Å². The fourth-order valence-corrected chi connectivity index (χ4v) is 2.72. The Morgan fingerprint density at radius 3 is 1.93 bits per heavy atom. The zero-order valence-corrected chi connectivity index (χ0v) is 15.2. The van der Waals surface area contributed by atoms with Gasteiger partial charge in [0.05, 0.1) is 25.6 Å². The van der Waals surface area contributed by atoms with Gasteiger partial charge in [0.25, 0.3) is 0 Å². The Bertz CT molecular complexity index is 889. The third-order valence-electron chi connectivity index (χ3n) is 4.03. The van der Waals surface area contributed by atoms with E-state index in [-0.39, 0.29) is 6.03 Å². The average molecular weight is 363 g/mol. The van der Waals surface area contributed by atoms with Crippen LogP contribution in [0.15, 0.2) is 72.8 Å². The Hall–Kier alpha value is -3.67. The van der Waals surface area contributed by atoms with Crippen LogP contribution in [-0.2, 0) is 0 Å². The Morgan fingerprint density at radius 1 is 0.815 bits per heavy atom. The van der Waals surface area contributed by atoms with Gasteiger partial charge in [-0.1, -0.05) is 24.3 Å². The van der Waals surface area contributed by atoms with Crippen molar-refractivity contribution < 1.29 is 14.3 Å². The van der Waals surface area contributed by atoms with Gasteiger partial charge in [0.15, 0.2) is 0 Å². The number of amides is 2. The number of carbonyl (C=O) groups is 1. The molecule has 27 heavy (non-hydrogen) atoms. The molecular formula is C21H21N3O3. The van der Waals surface area contributed by atoms with Crippen LogP contribution in [0.1, 0.15) is 0 Å². The van der Waals surface area contributed by atoms with E-state index in [1.807, 2.05) is 30.3 Å². The lowest BCUT2D eigenvalue weighted by Crippen LogP contribution is -2.31. The number of nitrogens with one attached hydrogen (secondary N) is 1. The van der Waals surface area contributed by atoms with E-state index in [1.54, 1.807) is 61.6 Å². The number of anilines is 4. The summed E-state index contributed by atoms with van der Waals surface area (Å²) in [5.74, 6) is 1.01. The van der Waals surface area contributed by atoms with Gasteiger partial charge in [-0.05, 0) is 48.5 Å². The van der Waals surface area contributed by atoms with Crippen LogP contribution in [0.2, 0.25) is 0 Å². The maximum absolute atomic E-state index is 13.2. The number of benzene rings is 3. The van der Waals surface area contributed by atoms with Crippen LogP contribution in [0.4, 0.5) is 27.5 Å². The molecule has 0 spiro atoms. The minimum Gasteiger partial charge on any atom is -0.494 e. The number of nitrogen functional groups attached to an aromatic ring is 1. The molecule has 3 aromatic carbocycles. The van der Waals surface area contributed by atoms with Crippen LogP contribution in [0.5, 0.6) is 11.5 Å². The largest absolute Gasteiger partial charge is 0.494 e. The van der Waals surface area contributed by atoms with E-state index >= 15 is 0 Å². The highest BCUT2D eigenvalue weighted by atomic mass is 16.5. The van der Waals surface area contributed by atoms with Gasteiger partial charge in [-0.25, -0.2) is 4.79 Å². The van der Waals surface area contributed by atoms with Gasteiger partial charge in [0.2, 0.25) is 0 Å². The number of nitrogens with two attached hydrogens (primary N) is 1. The van der Waals surface area contributed by atoms with Crippen molar-refractivity contribution in [2.75, 3.05) is 30.2 Å². The first-order valence-electron chi connectivity index (χ1n) is 8.36. The number of hydrogen-bond donors (Lipinski definition) is 2. The van der Waals surface area contributed by atoms with Crippen LogP contribution in [0.3, 0.4) is 0 Å². The minimum atomic E-state index is -0.353. The van der Waals surface area contributed by atoms with Crippen LogP contribution in [0, 0.1) is 0 Å². The summed E-state index contributed by atoms with van der Waals surface area (Å²) in [6, 6.07) is 21.4. The molecule has 6 heteroatoms. The predicted molar refractivity (Wildman–Crippen MR) is 108 cm³/mol. The maximum atomic E-state index is 13.2. The molecule has 0 heterocycles. The smallest absolute Gasteiger partial charge is 0.331 e. The molecule has 0 saturated heterocycles. The van der Waals surface area contributed by atoms with Gasteiger partial charge in [0, 0.05) is 5.69 Å². The number of methoxy groups -OCH3 is 2. The summed E-state index contributed by atoms with van der Waals surface area (Å²) in [6.07, 6.45) is 0. The third-order valence-corrected chi connectivity index (χ3v) is 4.03. The molecule has 3 N–H and O–H groups in total. The molecule has 6 nitrogen and oxygen atoms in total. The van der Waals surface area contributed by atoms with Gasteiger partial charge >= 0.3 is 6.03 Å². The van der Waals surface area contributed by atoms with Crippen LogP contribution in [-0.4, -0.2) is 20.3 Å². The molecule has 0 bridgehead atoms. The lowest BCUT2D eigenvalue weighted by molar-refractivity contribution is 0.258. The van der Waals surface area contributed by atoms with Crippen molar-refractivity contribution in [1.29, 1.82) is 0 Å². The van der Waals surface area contributed by atoms with Gasteiger partial charge in [0.1, 0.15) is 17.2 Å². The maximum Gasteiger partial charge on any atom is 0.331 e. The number of ether oxygens (including phenoxy) is 2. The summed E-state index contributed by atoms with van der Waals surface area (Å²) in [4.78, 5) is 14.8. The first-order chi connectivity index (χ1) is 13.1. The Labute approximate surface area is 158 Å². The SMILES string of the molecule is COc1cccc(OC)c1NC(=O)N(c1ccccc1)c1ccc(N)cc1. The van der Waals surface area contributed by atoms with Crippen molar-refractivity contribution in [2.24, 2.45) is 0 Å². The second-order valence-corrected chi connectivity index (χ2v) is 5.73. The molecule has 2 amide bonds. The molecule has 3 aromatic rings. The summed E-state index contributed by atoms with van der Waals surface area (Å²) in [6.45, 7) is 0. The normalized spacial score (nSPS) is 10.1. The molecule has 0 atom stereocenters. The summed E-state index contributed by atoms with van der Waals surface area (Å²) in [5, 5.41) is 2.90. The van der Waals surface area contributed by atoms with Crippen LogP contribution >= 0.6 is 0 Å². The highest BCUT2D eigenvalue weighted by Crippen LogP contribution is 2.35. The van der Waals surface area contributed by atoms with E-state index in [0.29, 0.717) is 34.2 Å². The molecule has 0 aliphatic carbocycles. The molecular weight excluding hydrogens is 342 g/mol. The van der Waals surface area contributed by atoms with Crippen LogP contribution in [0.25, 0.3) is 0 Å². The van der Waals surface area contributed by atoms with Crippen molar-refractivity contribution in [1.82, 2.24) is 0 Å². The Morgan fingerprint density at radius 2 is 1.37 bits per heavy atom. The van der Waals surface area contributed by atoms with E-state index in [0.717, 1.165) is 0 Å². The van der Waals surface area contributed by atoms with Crippen molar-refractivity contribution >= 4 is 28.8 Å². The first-order valence-corrected chi connectivity index (χ1v) is 8.36. The average Bonchev–Trinajstić information content (AvgIpc) is 2.70. The predicted octanol–water partition coefficient (Wildman–Crippen LogP) is 4.66. The van der Waals surface area contributed by atoms with Crippen molar-refractivity contribution in [3.63, 3.8) is 0 Å². The van der Waals surface area contributed by atoms with E-state index in [2.05, 4.69) is 5.32 Å². The zero-order chi connectivity index (χ0) is 19.2. The lowest BCUT2D eigenvalue weighted by Gasteiger charge is -2.24. The number of rotatable bonds is 5. The first kappa shape index (κ1) is 18.1. The summed E-state index contributed by atoms with van der Waals surface area (Å²) >= 11 is 0. The van der Waals surface area contributed by atoms with E-state index in [9.17, 15) is 4.79 Å². The van der Waals surface area contributed by atoms with E-state index in [4.69, 9.17) is 15.2 Å². The minimum absolute atomic E-state index is 0.353. The molecule has 0 aliphatic rings. The number of para-hydroxylation sites is 2. The fraction of sp³-hybridized carbons (Fsp3) is 0.0952. The van der Waals surface area contributed by atoms with Crippen LogP contribution < -0.4 is 25.4 Å². The van der Waals surface area contributed by atoms with Crippen molar-refractivity contribution in [3.05, 3.63) is 72.8 Å². The molecule has 0 radical (unpaired) electrons. The van der Waals surface area contributed by atoms with E-state index in [1.165, 1.54) is 0 Å². The van der Waals surface area contributed by atoms with E-state index < -0.39 is 0 Å². The molecule has 0 fully saturated rings. The quantitative estimate of drug-likeness (QED) is 0.647. The highest BCUT2D eigenvalue weighted by molar-refractivity contribution is 6.08. The molecule has 3 rings (SSSR count). The second-order valence-electron chi connectivity index (χ2n) is 5.73. The number of carbonyl (C=O) groups excluding carboxylic acids is 1. The fourth-order valence-electron chi connectivity index (χ4n) is 2.72. The lowest BCUT2D eigenvalue weighted by atomic mass is 10.2. The standard InChI is InChI=1S/C21H21N3O3/c1-26-18-9-6-10-19(27-2)20(18)23-21(25)24(16-7-4-3-5-8-16)17-13-11-15(22)12-14-17/h3-14H,22H2,1-2H3,(H,23,25).